The molecule has 1 atom stereocenters. The van der Waals surface area contributed by atoms with Crippen LogP contribution in [-0.4, -0.2) is 37.6 Å². The Kier molecular flexibility index (Phi) is 6.28. The number of hydrogen-bond acceptors (Lipinski definition) is 7. The topological polar surface area (TPSA) is 105 Å². The van der Waals surface area contributed by atoms with Gasteiger partial charge < -0.3 is 15.7 Å². The molecule has 1 amide bonds. The van der Waals surface area contributed by atoms with E-state index in [4.69, 9.17) is 0 Å². The van der Waals surface area contributed by atoms with E-state index in [9.17, 15) is 9.90 Å². The van der Waals surface area contributed by atoms with E-state index < -0.39 is 0 Å². The SMILES string of the molecule is CCc1ccc(NC(=O)c2nnc(CNC(CO)c3cnn(C)c3)s2)cc1. The quantitative estimate of drug-likeness (QED) is 0.546. The number of benzene rings is 1. The number of amides is 1. The summed E-state index contributed by atoms with van der Waals surface area (Å²) >= 11 is 1.22. The van der Waals surface area contributed by atoms with E-state index in [2.05, 4.69) is 32.9 Å². The van der Waals surface area contributed by atoms with Gasteiger partial charge in [0.1, 0.15) is 5.01 Å². The summed E-state index contributed by atoms with van der Waals surface area (Å²) in [5, 5.41) is 28.7. The van der Waals surface area contributed by atoms with Crippen LogP contribution in [0.25, 0.3) is 0 Å². The van der Waals surface area contributed by atoms with Crippen molar-refractivity contribution in [3.63, 3.8) is 0 Å². The molecule has 0 aliphatic rings. The Morgan fingerprint density at radius 2 is 2.07 bits per heavy atom. The van der Waals surface area contributed by atoms with Crippen LogP contribution in [0.15, 0.2) is 36.7 Å². The lowest BCUT2D eigenvalue weighted by Crippen LogP contribution is -2.23. The molecule has 1 unspecified atom stereocenters. The average molecular weight is 386 g/mol. The van der Waals surface area contributed by atoms with Gasteiger partial charge in [0.05, 0.1) is 25.4 Å². The zero-order valence-corrected chi connectivity index (χ0v) is 16.0. The first-order valence-electron chi connectivity index (χ1n) is 8.64. The van der Waals surface area contributed by atoms with Crippen LogP contribution in [0.1, 0.15) is 38.9 Å². The lowest BCUT2D eigenvalue weighted by Gasteiger charge is -2.12. The highest BCUT2D eigenvalue weighted by Gasteiger charge is 2.16. The normalized spacial score (nSPS) is 12.1. The van der Waals surface area contributed by atoms with Crippen molar-refractivity contribution in [2.24, 2.45) is 7.05 Å². The van der Waals surface area contributed by atoms with Gasteiger partial charge in [-0.2, -0.15) is 5.10 Å². The molecule has 0 radical (unpaired) electrons. The maximum absolute atomic E-state index is 12.3. The van der Waals surface area contributed by atoms with Crippen molar-refractivity contribution in [3.8, 4) is 0 Å². The highest BCUT2D eigenvalue weighted by molar-refractivity contribution is 7.13. The minimum absolute atomic E-state index is 0.0639. The van der Waals surface area contributed by atoms with Gasteiger partial charge in [0.2, 0.25) is 5.01 Å². The second-order valence-electron chi connectivity index (χ2n) is 6.07. The van der Waals surface area contributed by atoms with Gasteiger partial charge in [-0.15, -0.1) is 10.2 Å². The number of aryl methyl sites for hydroxylation is 2. The molecule has 0 aliphatic carbocycles. The maximum atomic E-state index is 12.3. The van der Waals surface area contributed by atoms with Crippen molar-refractivity contribution in [3.05, 3.63) is 57.8 Å². The average Bonchev–Trinajstić information content (AvgIpc) is 3.32. The molecule has 9 heteroatoms. The number of carbonyl (C=O) groups is 1. The van der Waals surface area contributed by atoms with Gasteiger partial charge in [0.25, 0.3) is 5.91 Å². The summed E-state index contributed by atoms with van der Waals surface area (Å²) in [6.45, 7) is 2.42. The summed E-state index contributed by atoms with van der Waals surface area (Å²) in [5.41, 5.74) is 2.83. The van der Waals surface area contributed by atoms with Gasteiger partial charge in [0.15, 0.2) is 0 Å². The standard InChI is InChI=1S/C18H22N6O2S/c1-3-12-4-6-14(7-5-12)21-17(26)18-23-22-16(27-18)9-19-15(11-25)13-8-20-24(2)10-13/h4-8,10,15,19,25H,3,9,11H2,1-2H3,(H,21,26). The molecular weight excluding hydrogens is 364 g/mol. The molecule has 3 rings (SSSR count). The lowest BCUT2D eigenvalue weighted by molar-refractivity contribution is 0.102. The van der Waals surface area contributed by atoms with Gasteiger partial charge in [-0.1, -0.05) is 30.4 Å². The molecule has 0 spiro atoms. The van der Waals surface area contributed by atoms with Gasteiger partial charge in [-0.3, -0.25) is 9.48 Å². The zero-order chi connectivity index (χ0) is 19.2. The molecule has 27 heavy (non-hydrogen) atoms. The molecule has 0 saturated carbocycles. The van der Waals surface area contributed by atoms with E-state index in [1.165, 1.54) is 16.9 Å². The van der Waals surface area contributed by atoms with Gasteiger partial charge in [-0.05, 0) is 24.1 Å². The van der Waals surface area contributed by atoms with Crippen molar-refractivity contribution >= 4 is 22.9 Å². The van der Waals surface area contributed by atoms with Crippen LogP contribution in [-0.2, 0) is 20.0 Å². The first-order chi connectivity index (χ1) is 13.1. The molecular formula is C18H22N6O2S. The van der Waals surface area contributed by atoms with E-state index >= 15 is 0 Å². The number of carbonyl (C=O) groups excluding carboxylic acids is 1. The number of anilines is 1. The summed E-state index contributed by atoms with van der Waals surface area (Å²) in [5.74, 6) is -0.283. The van der Waals surface area contributed by atoms with Gasteiger partial charge in [0, 0.05) is 24.5 Å². The molecule has 8 nitrogen and oxygen atoms in total. The Bertz CT molecular complexity index is 889. The fraction of sp³-hybridized carbons (Fsp3) is 0.333. The molecule has 3 N–H and O–H groups in total. The Morgan fingerprint density at radius 3 is 2.70 bits per heavy atom. The highest BCUT2D eigenvalue weighted by atomic mass is 32.1. The third-order valence-electron chi connectivity index (χ3n) is 4.09. The van der Waals surface area contributed by atoms with E-state index in [1.54, 1.807) is 10.9 Å². The number of aliphatic hydroxyl groups is 1. The Morgan fingerprint density at radius 1 is 1.30 bits per heavy atom. The number of nitrogens with zero attached hydrogens (tertiary/aromatic N) is 4. The smallest absolute Gasteiger partial charge is 0.286 e. The van der Waals surface area contributed by atoms with Gasteiger partial charge >= 0.3 is 0 Å². The molecule has 0 fully saturated rings. The fourth-order valence-electron chi connectivity index (χ4n) is 2.54. The van der Waals surface area contributed by atoms with E-state index in [-0.39, 0.29) is 18.6 Å². The van der Waals surface area contributed by atoms with Crippen LogP contribution in [0, 0.1) is 0 Å². The molecule has 0 saturated heterocycles. The maximum Gasteiger partial charge on any atom is 0.286 e. The van der Waals surface area contributed by atoms with Crippen molar-refractivity contribution in [1.82, 2.24) is 25.3 Å². The minimum Gasteiger partial charge on any atom is -0.394 e. The number of hydrogen-bond donors (Lipinski definition) is 3. The van der Waals surface area contributed by atoms with Crippen LogP contribution in [0.2, 0.25) is 0 Å². The predicted molar refractivity (Wildman–Crippen MR) is 104 cm³/mol. The number of rotatable bonds is 8. The molecule has 3 aromatic rings. The second kappa shape index (κ2) is 8.85. The zero-order valence-electron chi connectivity index (χ0n) is 15.2. The van der Waals surface area contributed by atoms with Crippen LogP contribution >= 0.6 is 11.3 Å². The van der Waals surface area contributed by atoms with E-state index in [0.29, 0.717) is 16.6 Å². The van der Waals surface area contributed by atoms with Crippen LogP contribution < -0.4 is 10.6 Å². The van der Waals surface area contributed by atoms with Gasteiger partial charge in [-0.25, -0.2) is 0 Å². The van der Waals surface area contributed by atoms with Crippen molar-refractivity contribution in [2.45, 2.75) is 25.9 Å². The number of aliphatic hydroxyl groups excluding tert-OH is 1. The summed E-state index contributed by atoms with van der Waals surface area (Å²) in [6.07, 6.45) is 4.50. The summed E-state index contributed by atoms with van der Waals surface area (Å²) in [6, 6.07) is 7.47. The molecule has 2 heterocycles. The van der Waals surface area contributed by atoms with Crippen molar-refractivity contribution in [1.29, 1.82) is 0 Å². The number of nitrogens with one attached hydrogen (secondary N) is 2. The predicted octanol–water partition coefficient (Wildman–Crippen LogP) is 1.91. The summed E-state index contributed by atoms with van der Waals surface area (Å²) < 4.78 is 1.68. The van der Waals surface area contributed by atoms with Crippen molar-refractivity contribution < 1.29 is 9.90 Å². The lowest BCUT2D eigenvalue weighted by atomic mass is 10.1. The van der Waals surface area contributed by atoms with Crippen LogP contribution in [0.3, 0.4) is 0 Å². The molecule has 2 aromatic heterocycles. The Hall–Kier alpha value is -2.62. The Labute approximate surface area is 161 Å². The monoisotopic (exact) mass is 386 g/mol. The minimum atomic E-state index is -0.283. The van der Waals surface area contributed by atoms with Crippen LogP contribution in [0.5, 0.6) is 0 Å². The number of aromatic nitrogens is 4. The molecule has 0 aliphatic heterocycles. The first kappa shape index (κ1) is 19.2. The Balaban J connectivity index is 1.57. The summed E-state index contributed by atoms with van der Waals surface area (Å²) in [7, 11) is 1.82. The highest BCUT2D eigenvalue weighted by Crippen LogP contribution is 2.16. The largest absolute Gasteiger partial charge is 0.394 e. The third kappa shape index (κ3) is 4.97. The molecule has 0 bridgehead atoms. The first-order valence-corrected chi connectivity index (χ1v) is 9.46. The third-order valence-corrected chi connectivity index (χ3v) is 5.01. The molecule has 142 valence electrons. The fourth-order valence-corrected chi connectivity index (χ4v) is 3.23. The summed E-state index contributed by atoms with van der Waals surface area (Å²) in [4.78, 5) is 12.3. The molecule has 1 aromatic carbocycles. The van der Waals surface area contributed by atoms with E-state index in [1.807, 2.05) is 37.5 Å². The van der Waals surface area contributed by atoms with Crippen LogP contribution in [0.4, 0.5) is 5.69 Å². The second-order valence-corrected chi connectivity index (χ2v) is 7.13. The van der Waals surface area contributed by atoms with Crippen molar-refractivity contribution in [2.75, 3.05) is 11.9 Å². The van der Waals surface area contributed by atoms with E-state index in [0.717, 1.165) is 17.7 Å².